The normalized spacial score (nSPS) is 15.1. The van der Waals surface area contributed by atoms with Crippen LogP contribution >= 0.6 is 15.9 Å². The molecule has 0 saturated heterocycles. The molecule has 3 rings (SSSR count). The topological polar surface area (TPSA) is 18.5 Å². The molecule has 2 aromatic carbocycles. The minimum Gasteiger partial charge on any atom is -0.497 e. The van der Waals surface area contributed by atoms with Gasteiger partial charge in [0, 0.05) is 10.5 Å². The zero-order valence-corrected chi connectivity index (χ0v) is 13.7. The number of hydrogen-bond donors (Lipinski definition) is 0. The lowest BCUT2D eigenvalue weighted by Crippen LogP contribution is -1.89. The summed E-state index contributed by atoms with van der Waals surface area (Å²) in [4.78, 5) is 0. The number of ether oxygens (including phenoxy) is 2. The van der Waals surface area contributed by atoms with Crippen molar-refractivity contribution in [3.8, 4) is 11.5 Å². The number of halogens is 1. The fourth-order valence-electron chi connectivity index (χ4n) is 2.79. The van der Waals surface area contributed by atoms with Gasteiger partial charge in [0.2, 0.25) is 0 Å². The molecule has 0 aliphatic heterocycles. The van der Waals surface area contributed by atoms with Crippen LogP contribution < -0.4 is 9.47 Å². The van der Waals surface area contributed by atoms with E-state index in [-0.39, 0.29) is 0 Å². The zero-order chi connectivity index (χ0) is 14.8. The molecule has 108 valence electrons. The second-order valence-corrected chi connectivity index (χ2v) is 5.94. The summed E-state index contributed by atoms with van der Waals surface area (Å²) in [7, 11) is 3.35. The van der Waals surface area contributed by atoms with Crippen LogP contribution in [0.2, 0.25) is 0 Å². The molecule has 21 heavy (non-hydrogen) atoms. The van der Waals surface area contributed by atoms with E-state index in [1.165, 1.54) is 21.2 Å². The highest BCUT2D eigenvalue weighted by molar-refractivity contribution is 9.10. The third kappa shape index (κ3) is 2.84. The standard InChI is InChI=1S/C18H17BrO2/c1-20-15-9-12(10-16(11-15)21-2)8-14-7-6-13-4-3-5-17(19)18(13)14/h3-5,8-11H,6-7H2,1-2H3/b14-8+. The maximum atomic E-state index is 5.34. The monoisotopic (exact) mass is 344 g/mol. The number of allylic oxidation sites excluding steroid dienone is 1. The second kappa shape index (κ2) is 5.94. The average Bonchev–Trinajstić information content (AvgIpc) is 2.91. The fraction of sp³-hybridized carbons (Fsp3) is 0.222. The van der Waals surface area contributed by atoms with Gasteiger partial charge in [0.25, 0.3) is 0 Å². The number of hydrogen-bond acceptors (Lipinski definition) is 2. The highest BCUT2D eigenvalue weighted by Crippen LogP contribution is 2.39. The largest absolute Gasteiger partial charge is 0.497 e. The van der Waals surface area contributed by atoms with E-state index in [0.29, 0.717) is 0 Å². The Labute approximate surface area is 133 Å². The summed E-state index contributed by atoms with van der Waals surface area (Å²) in [5, 5.41) is 0. The van der Waals surface area contributed by atoms with Crippen molar-refractivity contribution < 1.29 is 9.47 Å². The Morgan fingerprint density at radius 2 is 1.71 bits per heavy atom. The van der Waals surface area contributed by atoms with Gasteiger partial charge in [0.15, 0.2) is 0 Å². The van der Waals surface area contributed by atoms with Crippen LogP contribution in [0.25, 0.3) is 11.6 Å². The SMILES string of the molecule is COc1cc(/C=C2\CCc3cccc(Br)c32)cc(OC)c1. The Morgan fingerprint density at radius 1 is 1.00 bits per heavy atom. The molecule has 0 saturated carbocycles. The molecule has 0 radical (unpaired) electrons. The van der Waals surface area contributed by atoms with E-state index in [1.54, 1.807) is 14.2 Å². The van der Waals surface area contributed by atoms with Crippen molar-refractivity contribution in [2.45, 2.75) is 12.8 Å². The molecule has 2 aromatic rings. The molecule has 0 bridgehead atoms. The molecular formula is C18H17BrO2. The van der Waals surface area contributed by atoms with Crippen LogP contribution in [0.1, 0.15) is 23.1 Å². The summed E-state index contributed by atoms with van der Waals surface area (Å²) < 4.78 is 11.8. The molecular weight excluding hydrogens is 328 g/mol. The third-order valence-corrected chi connectivity index (χ3v) is 4.46. The minimum atomic E-state index is 0.812. The molecule has 0 aromatic heterocycles. The van der Waals surface area contributed by atoms with E-state index in [2.05, 4.69) is 40.2 Å². The average molecular weight is 345 g/mol. The summed E-state index contributed by atoms with van der Waals surface area (Å²) in [5.74, 6) is 1.62. The van der Waals surface area contributed by atoms with Crippen molar-refractivity contribution in [1.29, 1.82) is 0 Å². The van der Waals surface area contributed by atoms with Gasteiger partial charge >= 0.3 is 0 Å². The number of methoxy groups -OCH3 is 2. The lowest BCUT2D eigenvalue weighted by Gasteiger charge is -2.08. The Hall–Kier alpha value is -1.74. The van der Waals surface area contributed by atoms with Crippen molar-refractivity contribution in [2.24, 2.45) is 0 Å². The quantitative estimate of drug-likeness (QED) is 0.783. The summed E-state index contributed by atoms with van der Waals surface area (Å²) in [5.41, 5.74) is 5.20. The number of benzene rings is 2. The van der Waals surface area contributed by atoms with Crippen molar-refractivity contribution in [2.75, 3.05) is 14.2 Å². The van der Waals surface area contributed by atoms with E-state index < -0.39 is 0 Å². The third-order valence-electron chi connectivity index (χ3n) is 3.80. The lowest BCUT2D eigenvalue weighted by atomic mass is 10.0. The van der Waals surface area contributed by atoms with E-state index in [1.807, 2.05) is 18.2 Å². The van der Waals surface area contributed by atoms with Gasteiger partial charge in [0.1, 0.15) is 11.5 Å². The van der Waals surface area contributed by atoms with Gasteiger partial charge in [0.05, 0.1) is 14.2 Å². The van der Waals surface area contributed by atoms with Crippen LogP contribution in [0, 0.1) is 0 Å². The number of aryl methyl sites for hydroxylation is 1. The summed E-state index contributed by atoms with van der Waals surface area (Å²) in [6.07, 6.45) is 4.39. The van der Waals surface area contributed by atoms with Crippen LogP contribution in [0.5, 0.6) is 11.5 Å². The molecule has 0 heterocycles. The summed E-state index contributed by atoms with van der Waals surface area (Å²) in [6.45, 7) is 0. The molecule has 2 nitrogen and oxygen atoms in total. The summed E-state index contributed by atoms with van der Waals surface area (Å²) in [6, 6.07) is 12.4. The van der Waals surface area contributed by atoms with Gasteiger partial charge in [-0.15, -0.1) is 0 Å². The molecule has 0 atom stereocenters. The molecule has 0 spiro atoms. The van der Waals surface area contributed by atoms with Crippen LogP contribution in [-0.2, 0) is 6.42 Å². The van der Waals surface area contributed by atoms with Gasteiger partial charge in [-0.1, -0.05) is 34.1 Å². The van der Waals surface area contributed by atoms with Gasteiger partial charge < -0.3 is 9.47 Å². The first-order chi connectivity index (χ1) is 10.2. The highest BCUT2D eigenvalue weighted by Gasteiger charge is 2.18. The fourth-order valence-corrected chi connectivity index (χ4v) is 3.45. The maximum absolute atomic E-state index is 5.34. The Bertz CT molecular complexity index is 682. The smallest absolute Gasteiger partial charge is 0.123 e. The van der Waals surface area contributed by atoms with Gasteiger partial charge in [-0.2, -0.15) is 0 Å². The van der Waals surface area contributed by atoms with E-state index >= 15 is 0 Å². The molecule has 1 aliphatic rings. The van der Waals surface area contributed by atoms with E-state index in [9.17, 15) is 0 Å². The number of fused-ring (bicyclic) bond motifs is 1. The molecule has 0 N–H and O–H groups in total. The first-order valence-electron chi connectivity index (χ1n) is 6.92. The van der Waals surface area contributed by atoms with Crippen molar-refractivity contribution in [3.63, 3.8) is 0 Å². The second-order valence-electron chi connectivity index (χ2n) is 5.09. The highest BCUT2D eigenvalue weighted by atomic mass is 79.9. The molecule has 0 amide bonds. The predicted molar refractivity (Wildman–Crippen MR) is 89.9 cm³/mol. The Balaban J connectivity index is 2.05. The predicted octanol–water partition coefficient (Wildman–Crippen LogP) is 4.95. The van der Waals surface area contributed by atoms with Crippen LogP contribution in [0.3, 0.4) is 0 Å². The van der Waals surface area contributed by atoms with Gasteiger partial charge in [-0.3, -0.25) is 0 Å². The van der Waals surface area contributed by atoms with E-state index in [4.69, 9.17) is 9.47 Å². The van der Waals surface area contributed by atoms with Crippen molar-refractivity contribution in [3.05, 3.63) is 57.6 Å². The van der Waals surface area contributed by atoms with Crippen LogP contribution in [0.4, 0.5) is 0 Å². The number of rotatable bonds is 3. The molecule has 0 fully saturated rings. The van der Waals surface area contributed by atoms with Crippen molar-refractivity contribution in [1.82, 2.24) is 0 Å². The van der Waals surface area contributed by atoms with Crippen molar-refractivity contribution >= 4 is 27.6 Å². The summed E-state index contributed by atoms with van der Waals surface area (Å²) >= 11 is 3.67. The van der Waals surface area contributed by atoms with Gasteiger partial charge in [-0.05, 0) is 53.3 Å². The van der Waals surface area contributed by atoms with Crippen LogP contribution in [0.15, 0.2) is 40.9 Å². The van der Waals surface area contributed by atoms with Gasteiger partial charge in [-0.25, -0.2) is 0 Å². The molecule has 3 heteroatoms. The lowest BCUT2D eigenvalue weighted by molar-refractivity contribution is 0.394. The first kappa shape index (κ1) is 14.2. The first-order valence-corrected chi connectivity index (χ1v) is 7.72. The minimum absolute atomic E-state index is 0.812. The van der Waals surface area contributed by atoms with Crippen LogP contribution in [-0.4, -0.2) is 14.2 Å². The zero-order valence-electron chi connectivity index (χ0n) is 12.2. The van der Waals surface area contributed by atoms with E-state index in [0.717, 1.165) is 29.9 Å². The molecule has 0 unspecified atom stereocenters. The molecule has 1 aliphatic carbocycles. The Kier molecular flexibility index (Phi) is 4.02. The Morgan fingerprint density at radius 3 is 2.38 bits per heavy atom. The maximum Gasteiger partial charge on any atom is 0.123 e.